The van der Waals surface area contributed by atoms with Crippen molar-refractivity contribution in [3.63, 3.8) is 0 Å². The van der Waals surface area contributed by atoms with Gasteiger partial charge in [-0.3, -0.25) is 9.59 Å². The second kappa shape index (κ2) is 4.82. The van der Waals surface area contributed by atoms with E-state index < -0.39 is 0 Å². The number of carbonyl (C=O) groups is 2. The highest BCUT2D eigenvalue weighted by Gasteiger charge is 2.67. The first-order chi connectivity index (χ1) is 10.5. The summed E-state index contributed by atoms with van der Waals surface area (Å²) in [5, 5.41) is 3.03. The van der Waals surface area contributed by atoms with Crippen LogP contribution in [-0.2, 0) is 14.3 Å². The number of anilines is 1. The molecule has 0 aromatic heterocycles. The molecule has 6 atom stereocenters. The monoisotopic (exact) mass is 363 g/mol. The highest BCUT2D eigenvalue weighted by atomic mass is 79.9. The Bertz CT molecular complexity index is 674. The fraction of sp³-hybridized carbons (Fsp3) is 0.529. The summed E-state index contributed by atoms with van der Waals surface area (Å²) in [7, 11) is 0. The number of amides is 1. The lowest BCUT2D eigenvalue weighted by molar-refractivity contribution is -0.145. The molecule has 1 heterocycles. The maximum atomic E-state index is 12.8. The van der Waals surface area contributed by atoms with Crippen molar-refractivity contribution < 1.29 is 14.3 Å². The average Bonchev–Trinajstić information content (AvgIpc) is 3.08. The molecular weight excluding hydrogens is 346 g/mol. The highest BCUT2D eigenvalue weighted by molar-refractivity contribution is 9.09. The largest absolute Gasteiger partial charge is 0.461 e. The van der Waals surface area contributed by atoms with E-state index in [2.05, 4.69) is 21.2 Å². The van der Waals surface area contributed by atoms with Crippen LogP contribution in [0.4, 0.5) is 5.69 Å². The molecule has 1 amide bonds. The number of nitrogens with one attached hydrogen (secondary N) is 1. The Morgan fingerprint density at radius 1 is 1.32 bits per heavy atom. The number of benzene rings is 1. The molecule has 1 aromatic carbocycles. The molecule has 5 heteroatoms. The van der Waals surface area contributed by atoms with Crippen LogP contribution in [0.5, 0.6) is 0 Å². The lowest BCUT2D eigenvalue weighted by atomic mass is 9.79. The van der Waals surface area contributed by atoms with Gasteiger partial charge in [0.1, 0.15) is 6.10 Å². The SMILES string of the molecule is Cc1cccc(NC(=O)[C@H]2[C@@H]3C[C@H]4[C@H](OC(=O)[C@@H]42)[C@@H]3Br)c1C. The molecule has 0 radical (unpaired) electrons. The lowest BCUT2D eigenvalue weighted by Crippen LogP contribution is -2.40. The fourth-order valence-electron chi connectivity index (χ4n) is 4.43. The molecular formula is C17H18BrNO3. The van der Waals surface area contributed by atoms with Crippen molar-refractivity contribution in [1.82, 2.24) is 0 Å². The number of hydrogen-bond acceptors (Lipinski definition) is 3. The summed E-state index contributed by atoms with van der Waals surface area (Å²) >= 11 is 3.64. The summed E-state index contributed by atoms with van der Waals surface area (Å²) in [6.07, 6.45) is 0.870. The number of ether oxygens (including phenoxy) is 1. The van der Waals surface area contributed by atoms with E-state index in [1.165, 1.54) is 0 Å². The Labute approximate surface area is 137 Å². The van der Waals surface area contributed by atoms with E-state index in [9.17, 15) is 9.59 Å². The average molecular weight is 364 g/mol. The normalized spacial score (nSPS) is 38.2. The number of fused-ring (bicyclic) bond motifs is 1. The van der Waals surface area contributed by atoms with Crippen molar-refractivity contribution >= 4 is 33.5 Å². The molecule has 22 heavy (non-hydrogen) atoms. The molecule has 0 unspecified atom stereocenters. The number of rotatable bonds is 2. The van der Waals surface area contributed by atoms with Gasteiger partial charge in [0.15, 0.2) is 0 Å². The third-order valence-corrected chi connectivity index (χ3v) is 6.89. The van der Waals surface area contributed by atoms with E-state index in [0.717, 1.165) is 23.2 Å². The Kier molecular flexibility index (Phi) is 3.12. The molecule has 116 valence electrons. The number of halogens is 1. The molecule has 1 N–H and O–H groups in total. The minimum absolute atomic E-state index is 0.0349. The summed E-state index contributed by atoms with van der Waals surface area (Å²) in [5.74, 6) is -0.379. The smallest absolute Gasteiger partial charge is 0.310 e. The first-order valence-electron chi connectivity index (χ1n) is 7.70. The third kappa shape index (κ3) is 1.81. The van der Waals surface area contributed by atoms with Gasteiger partial charge in [-0.1, -0.05) is 28.1 Å². The molecule has 2 saturated carbocycles. The Morgan fingerprint density at radius 3 is 2.86 bits per heavy atom. The summed E-state index contributed by atoms with van der Waals surface area (Å²) in [4.78, 5) is 25.0. The van der Waals surface area contributed by atoms with Crippen LogP contribution < -0.4 is 5.32 Å². The van der Waals surface area contributed by atoms with Gasteiger partial charge in [-0.25, -0.2) is 0 Å². The summed E-state index contributed by atoms with van der Waals surface area (Å²) < 4.78 is 5.46. The van der Waals surface area contributed by atoms with E-state index in [0.29, 0.717) is 0 Å². The molecule has 3 aliphatic rings. The zero-order chi connectivity index (χ0) is 15.6. The van der Waals surface area contributed by atoms with E-state index in [4.69, 9.17) is 4.74 Å². The van der Waals surface area contributed by atoms with Gasteiger partial charge >= 0.3 is 5.97 Å². The first kappa shape index (κ1) is 14.2. The van der Waals surface area contributed by atoms with Crippen molar-refractivity contribution in [2.45, 2.75) is 31.2 Å². The third-order valence-electron chi connectivity index (χ3n) is 5.69. The van der Waals surface area contributed by atoms with Crippen LogP contribution in [-0.4, -0.2) is 22.8 Å². The van der Waals surface area contributed by atoms with Gasteiger partial charge in [0.05, 0.1) is 16.7 Å². The summed E-state index contributed by atoms with van der Waals surface area (Å²) in [6, 6.07) is 5.87. The van der Waals surface area contributed by atoms with Gasteiger partial charge in [0.25, 0.3) is 0 Å². The van der Waals surface area contributed by atoms with Crippen LogP contribution in [0.25, 0.3) is 0 Å². The van der Waals surface area contributed by atoms with Crippen LogP contribution in [0.15, 0.2) is 18.2 Å². The predicted molar refractivity (Wildman–Crippen MR) is 85.7 cm³/mol. The standard InChI is InChI=1S/C17H18BrNO3/c1-7-4-3-5-11(8(7)2)19-16(20)12-9-6-10-13(12)17(21)22-15(10)14(9)18/h3-5,9-10,12-15H,6H2,1-2H3,(H,19,20)/t9-,10+,12-,13-,14+,15-/m0/s1. The lowest BCUT2D eigenvalue weighted by Gasteiger charge is -2.27. The van der Waals surface area contributed by atoms with Gasteiger partial charge in [-0.05, 0) is 43.4 Å². The second-order valence-corrected chi connectivity index (χ2v) is 7.75. The highest BCUT2D eigenvalue weighted by Crippen LogP contribution is 2.60. The van der Waals surface area contributed by atoms with Crippen molar-refractivity contribution in [3.8, 4) is 0 Å². The quantitative estimate of drug-likeness (QED) is 0.649. The van der Waals surface area contributed by atoms with Crippen LogP contribution in [0.3, 0.4) is 0 Å². The minimum atomic E-state index is -0.277. The van der Waals surface area contributed by atoms with Crippen molar-refractivity contribution in [2.75, 3.05) is 5.32 Å². The van der Waals surface area contributed by atoms with Crippen molar-refractivity contribution in [3.05, 3.63) is 29.3 Å². The van der Waals surface area contributed by atoms with E-state index in [-0.39, 0.29) is 46.5 Å². The molecule has 2 aliphatic carbocycles. The van der Waals surface area contributed by atoms with E-state index >= 15 is 0 Å². The topological polar surface area (TPSA) is 55.4 Å². The maximum Gasteiger partial charge on any atom is 0.310 e. The molecule has 1 aromatic rings. The van der Waals surface area contributed by atoms with Gasteiger partial charge in [0.2, 0.25) is 5.91 Å². The van der Waals surface area contributed by atoms with Gasteiger partial charge in [0, 0.05) is 11.6 Å². The molecule has 2 bridgehead atoms. The van der Waals surface area contributed by atoms with Crippen LogP contribution in [0.1, 0.15) is 17.5 Å². The molecule has 1 saturated heterocycles. The molecule has 4 nitrogen and oxygen atoms in total. The van der Waals surface area contributed by atoms with E-state index in [1.807, 2.05) is 32.0 Å². The van der Waals surface area contributed by atoms with Crippen molar-refractivity contribution in [1.29, 1.82) is 0 Å². The van der Waals surface area contributed by atoms with Crippen molar-refractivity contribution in [2.24, 2.45) is 23.7 Å². The second-order valence-electron chi connectivity index (χ2n) is 6.70. The van der Waals surface area contributed by atoms with Gasteiger partial charge < -0.3 is 10.1 Å². The number of hydrogen-bond donors (Lipinski definition) is 1. The molecule has 3 fully saturated rings. The zero-order valence-electron chi connectivity index (χ0n) is 12.5. The van der Waals surface area contributed by atoms with Crippen LogP contribution >= 0.6 is 15.9 Å². The Hall–Kier alpha value is -1.36. The predicted octanol–water partition coefficient (Wildman–Crippen LogP) is 2.81. The number of carbonyl (C=O) groups excluding carboxylic acids is 2. The molecule has 4 rings (SSSR count). The number of alkyl halides is 1. The van der Waals surface area contributed by atoms with Crippen LogP contribution in [0, 0.1) is 37.5 Å². The minimum Gasteiger partial charge on any atom is -0.461 e. The van der Waals surface area contributed by atoms with E-state index in [1.54, 1.807) is 0 Å². The summed E-state index contributed by atoms with van der Waals surface area (Å²) in [5.41, 5.74) is 3.05. The van der Waals surface area contributed by atoms with Gasteiger partial charge in [-0.15, -0.1) is 0 Å². The molecule has 1 aliphatic heterocycles. The number of esters is 1. The fourth-order valence-corrected chi connectivity index (χ4v) is 5.48. The Balaban J connectivity index is 1.61. The first-order valence-corrected chi connectivity index (χ1v) is 8.62. The maximum absolute atomic E-state index is 12.8. The zero-order valence-corrected chi connectivity index (χ0v) is 14.1. The van der Waals surface area contributed by atoms with Gasteiger partial charge in [-0.2, -0.15) is 0 Å². The summed E-state index contributed by atoms with van der Waals surface area (Å²) in [6.45, 7) is 4.02. The number of aryl methyl sites for hydroxylation is 1. The Morgan fingerprint density at radius 2 is 2.09 bits per heavy atom. The molecule has 0 spiro atoms. The van der Waals surface area contributed by atoms with Crippen LogP contribution in [0.2, 0.25) is 0 Å².